The van der Waals surface area contributed by atoms with Gasteiger partial charge in [-0.25, -0.2) is 4.39 Å². The summed E-state index contributed by atoms with van der Waals surface area (Å²) in [5, 5.41) is 21.9. The summed E-state index contributed by atoms with van der Waals surface area (Å²) in [5.41, 5.74) is 2.20. The van der Waals surface area contributed by atoms with Crippen molar-refractivity contribution >= 4 is 57.9 Å². The number of allylic oxidation sites excluding steroid dienone is 2. The Kier molecular flexibility index (Phi) is 6.64. The lowest BCUT2D eigenvalue weighted by Crippen LogP contribution is -2.42. The van der Waals surface area contributed by atoms with Gasteiger partial charge >= 0.3 is 0 Å². The third-order valence-electron chi connectivity index (χ3n) is 6.51. The van der Waals surface area contributed by atoms with Crippen molar-refractivity contribution in [2.24, 2.45) is 0 Å². The minimum absolute atomic E-state index is 0.0810. The average molecular weight is 542 g/mol. The fraction of sp³-hybridized carbons (Fsp3) is 0.143. The Morgan fingerprint density at radius 2 is 1.69 bits per heavy atom. The Labute approximate surface area is 222 Å². The molecule has 0 radical (unpaired) electrons. The molecule has 4 nitrogen and oxygen atoms in total. The van der Waals surface area contributed by atoms with Crippen LogP contribution < -0.4 is 4.90 Å². The number of hydrogen-bond donors (Lipinski definition) is 2. The quantitative estimate of drug-likeness (QED) is 0.328. The molecule has 3 aromatic carbocycles. The summed E-state index contributed by atoms with van der Waals surface area (Å²) in [6.45, 7) is 0. The molecule has 2 aliphatic rings. The number of nitrogens with zero attached hydrogens (tertiary/aromatic N) is 1. The Hall–Kier alpha value is -3.12. The second-order valence-electron chi connectivity index (χ2n) is 8.64. The van der Waals surface area contributed by atoms with Crippen LogP contribution in [-0.4, -0.2) is 16.7 Å². The maximum atomic E-state index is 15.2. The van der Waals surface area contributed by atoms with Crippen LogP contribution in [0.1, 0.15) is 36.3 Å². The molecule has 8 heteroatoms. The summed E-state index contributed by atoms with van der Waals surface area (Å²) in [4.78, 5) is 15.0. The molecule has 0 fully saturated rings. The topological polar surface area (TPSA) is 64.4 Å². The number of amidine groups is 1. The summed E-state index contributed by atoms with van der Waals surface area (Å²) in [5.74, 6) is -1.95. The molecule has 182 valence electrons. The van der Waals surface area contributed by atoms with E-state index in [-0.39, 0.29) is 33.5 Å². The molecule has 0 bridgehead atoms. The van der Waals surface area contributed by atoms with Gasteiger partial charge in [0.15, 0.2) is 5.78 Å². The summed E-state index contributed by atoms with van der Waals surface area (Å²) >= 11 is 18.5. The van der Waals surface area contributed by atoms with Crippen LogP contribution >= 0.6 is 34.8 Å². The van der Waals surface area contributed by atoms with Crippen molar-refractivity contribution in [1.82, 2.24) is 0 Å². The van der Waals surface area contributed by atoms with Crippen LogP contribution in [0.3, 0.4) is 0 Å². The van der Waals surface area contributed by atoms with Gasteiger partial charge in [-0.2, -0.15) is 0 Å². The first-order valence-electron chi connectivity index (χ1n) is 11.3. The van der Waals surface area contributed by atoms with Gasteiger partial charge in [0.2, 0.25) is 0 Å². The predicted octanol–water partition coefficient (Wildman–Crippen LogP) is 8.34. The van der Waals surface area contributed by atoms with E-state index in [9.17, 15) is 15.3 Å². The van der Waals surface area contributed by atoms with E-state index in [1.54, 1.807) is 65.6 Å². The highest BCUT2D eigenvalue weighted by atomic mass is 35.5. The van der Waals surface area contributed by atoms with Crippen LogP contribution in [0.2, 0.25) is 15.1 Å². The van der Waals surface area contributed by atoms with Gasteiger partial charge in [-0.05, 0) is 61.4 Å². The van der Waals surface area contributed by atoms with E-state index < -0.39 is 11.7 Å². The Morgan fingerprint density at radius 3 is 2.39 bits per heavy atom. The highest BCUT2D eigenvalue weighted by Gasteiger charge is 2.44. The van der Waals surface area contributed by atoms with Crippen molar-refractivity contribution in [1.29, 1.82) is 5.41 Å². The van der Waals surface area contributed by atoms with Crippen molar-refractivity contribution in [2.45, 2.75) is 25.2 Å². The van der Waals surface area contributed by atoms with Gasteiger partial charge in [0.1, 0.15) is 17.4 Å². The molecule has 0 aromatic heterocycles. The van der Waals surface area contributed by atoms with Crippen LogP contribution in [0.15, 0.2) is 83.6 Å². The number of halogens is 4. The molecule has 1 atom stereocenters. The zero-order chi connectivity index (χ0) is 25.6. The first kappa shape index (κ1) is 24.6. The zero-order valence-electron chi connectivity index (χ0n) is 18.9. The molecule has 0 saturated heterocycles. The van der Waals surface area contributed by atoms with E-state index in [1.807, 2.05) is 0 Å². The van der Waals surface area contributed by atoms with Gasteiger partial charge < -0.3 is 5.11 Å². The molecule has 1 unspecified atom stereocenters. The SMILES string of the molecule is N=C1/C(=C(/O)c2ccc(Cl)cc2)C(c2ccccc2F)C2=C(CCCC2=O)N1c1ccc(Cl)c(Cl)c1. The molecule has 1 aliphatic heterocycles. The van der Waals surface area contributed by atoms with Crippen molar-refractivity contribution in [3.8, 4) is 0 Å². The molecule has 0 saturated carbocycles. The molecule has 1 aliphatic carbocycles. The molecule has 1 heterocycles. The first-order valence-corrected chi connectivity index (χ1v) is 12.4. The highest BCUT2D eigenvalue weighted by molar-refractivity contribution is 6.42. The maximum Gasteiger partial charge on any atom is 0.161 e. The molecule has 36 heavy (non-hydrogen) atoms. The zero-order valence-corrected chi connectivity index (χ0v) is 21.1. The third-order valence-corrected chi connectivity index (χ3v) is 7.50. The van der Waals surface area contributed by atoms with Crippen LogP contribution in [-0.2, 0) is 4.79 Å². The van der Waals surface area contributed by atoms with Crippen molar-refractivity contribution in [2.75, 3.05) is 4.90 Å². The lowest BCUT2D eigenvalue weighted by atomic mass is 9.73. The summed E-state index contributed by atoms with van der Waals surface area (Å²) in [6.07, 6.45) is 1.39. The molecule has 0 spiro atoms. The van der Waals surface area contributed by atoms with Crippen molar-refractivity contribution in [3.63, 3.8) is 0 Å². The lowest BCUT2D eigenvalue weighted by molar-refractivity contribution is -0.116. The van der Waals surface area contributed by atoms with E-state index in [4.69, 9.17) is 34.8 Å². The standard InChI is InChI=1S/C28H20Cl3FN2O2/c29-16-10-8-15(9-11-16)27(36)26-24(18-4-1-2-5-21(18)32)25-22(6-3-7-23(25)35)34(28(26)33)17-12-13-19(30)20(31)14-17/h1-2,4-5,8-14,24,33,36H,3,6-7H2/b27-26+,33-28?. The van der Waals surface area contributed by atoms with Crippen LogP contribution in [0.25, 0.3) is 5.76 Å². The maximum absolute atomic E-state index is 15.2. The highest BCUT2D eigenvalue weighted by Crippen LogP contribution is 2.48. The molecular weight excluding hydrogens is 522 g/mol. The van der Waals surface area contributed by atoms with Crippen LogP contribution in [0.4, 0.5) is 10.1 Å². The van der Waals surface area contributed by atoms with E-state index in [0.29, 0.717) is 51.8 Å². The summed E-state index contributed by atoms with van der Waals surface area (Å²) < 4.78 is 15.2. The molecular formula is C28H20Cl3FN2O2. The number of rotatable bonds is 3. The lowest BCUT2D eigenvalue weighted by Gasteiger charge is -2.42. The van der Waals surface area contributed by atoms with Gasteiger partial charge in [0, 0.05) is 51.0 Å². The number of hydrogen-bond acceptors (Lipinski definition) is 3. The number of benzene rings is 3. The monoisotopic (exact) mass is 540 g/mol. The molecule has 3 aromatic rings. The number of carbonyl (C=O) groups excluding carboxylic acids is 1. The average Bonchev–Trinajstić information content (AvgIpc) is 2.86. The van der Waals surface area contributed by atoms with Gasteiger partial charge in [-0.15, -0.1) is 0 Å². The predicted molar refractivity (Wildman–Crippen MR) is 143 cm³/mol. The van der Waals surface area contributed by atoms with Gasteiger partial charge in [-0.1, -0.05) is 53.0 Å². The fourth-order valence-corrected chi connectivity index (χ4v) is 5.30. The minimum Gasteiger partial charge on any atom is -0.507 e. The number of aliphatic hydroxyl groups is 1. The van der Waals surface area contributed by atoms with Gasteiger partial charge in [0.05, 0.1) is 10.0 Å². The third kappa shape index (κ3) is 4.21. The summed E-state index contributed by atoms with van der Waals surface area (Å²) in [7, 11) is 0. The second-order valence-corrected chi connectivity index (χ2v) is 9.89. The number of nitrogens with one attached hydrogen (secondary N) is 1. The minimum atomic E-state index is -0.962. The van der Waals surface area contributed by atoms with Crippen molar-refractivity contribution < 1.29 is 14.3 Å². The Balaban J connectivity index is 1.85. The molecule has 5 rings (SSSR count). The Bertz CT molecular complexity index is 1460. The van der Waals surface area contributed by atoms with E-state index in [0.717, 1.165) is 0 Å². The number of Topliss-reactive ketones (excluding diaryl/α,β-unsaturated/α-hetero) is 1. The van der Waals surface area contributed by atoms with Crippen LogP contribution in [0, 0.1) is 11.2 Å². The van der Waals surface area contributed by atoms with Gasteiger partial charge in [0.25, 0.3) is 0 Å². The number of anilines is 1. The van der Waals surface area contributed by atoms with E-state index >= 15 is 4.39 Å². The van der Waals surface area contributed by atoms with Crippen molar-refractivity contribution in [3.05, 3.63) is 116 Å². The van der Waals surface area contributed by atoms with Gasteiger partial charge in [-0.3, -0.25) is 15.1 Å². The smallest absolute Gasteiger partial charge is 0.161 e. The fourth-order valence-electron chi connectivity index (χ4n) is 4.88. The van der Waals surface area contributed by atoms with E-state index in [1.165, 1.54) is 6.07 Å². The number of aliphatic hydroxyl groups excluding tert-OH is 1. The largest absolute Gasteiger partial charge is 0.507 e. The summed E-state index contributed by atoms with van der Waals surface area (Å²) in [6, 6.07) is 17.5. The normalized spacial score (nSPS) is 19.4. The van der Waals surface area contributed by atoms with E-state index in [2.05, 4.69) is 0 Å². The second kappa shape index (κ2) is 9.74. The number of ketones is 1. The first-order chi connectivity index (χ1) is 17.3. The number of carbonyl (C=O) groups is 1. The Morgan fingerprint density at radius 1 is 0.972 bits per heavy atom. The molecule has 0 amide bonds. The molecule has 2 N–H and O–H groups in total. The van der Waals surface area contributed by atoms with Crippen LogP contribution in [0.5, 0.6) is 0 Å².